The summed E-state index contributed by atoms with van der Waals surface area (Å²) in [4.78, 5) is 26.6. The molecule has 0 spiro atoms. The number of halogens is 1. The molecule has 1 aromatic rings. The molecule has 22 heavy (non-hydrogen) atoms. The predicted molar refractivity (Wildman–Crippen MR) is 85.7 cm³/mol. The molecule has 1 saturated carbocycles. The minimum atomic E-state index is -0.294. The molecule has 1 aliphatic heterocycles. The molecule has 3 atom stereocenters. The van der Waals surface area contributed by atoms with Crippen molar-refractivity contribution in [2.24, 2.45) is 5.92 Å². The van der Waals surface area contributed by atoms with Gasteiger partial charge in [0.25, 0.3) is 0 Å². The van der Waals surface area contributed by atoms with Crippen LogP contribution in [-0.2, 0) is 9.59 Å². The first-order valence-corrected chi connectivity index (χ1v) is 8.27. The number of hydrogen-bond acceptors (Lipinski definition) is 2. The molecule has 1 saturated heterocycles. The van der Waals surface area contributed by atoms with Crippen molar-refractivity contribution < 1.29 is 9.59 Å². The number of amides is 2. The molecule has 4 nitrogen and oxygen atoms in total. The normalized spacial score (nSPS) is 27.4. The number of rotatable bonds is 3. The van der Waals surface area contributed by atoms with Gasteiger partial charge in [0.1, 0.15) is 6.04 Å². The van der Waals surface area contributed by atoms with Crippen LogP contribution in [0, 0.1) is 5.92 Å². The quantitative estimate of drug-likeness (QED) is 0.930. The molecule has 1 N–H and O–H groups in total. The number of likely N-dealkylation sites (N-methyl/N-ethyl adjacent to an activating group) is 1. The van der Waals surface area contributed by atoms with Gasteiger partial charge in [0.05, 0.1) is 0 Å². The van der Waals surface area contributed by atoms with E-state index in [1.807, 2.05) is 24.3 Å². The van der Waals surface area contributed by atoms with E-state index in [-0.39, 0.29) is 29.7 Å². The van der Waals surface area contributed by atoms with E-state index in [2.05, 4.69) is 5.32 Å². The Kier molecular flexibility index (Phi) is 4.39. The highest BCUT2D eigenvalue weighted by Gasteiger charge is 2.47. The third-order valence-corrected chi connectivity index (χ3v) is 4.99. The molecule has 5 heteroatoms. The maximum Gasteiger partial charge on any atom is 0.242 e. The van der Waals surface area contributed by atoms with Gasteiger partial charge in [0.15, 0.2) is 0 Å². The Balaban J connectivity index is 1.69. The summed E-state index contributed by atoms with van der Waals surface area (Å²) in [5.74, 6) is 0.383. The first kappa shape index (κ1) is 15.3. The van der Waals surface area contributed by atoms with E-state index in [0.717, 1.165) is 31.2 Å². The van der Waals surface area contributed by atoms with Gasteiger partial charge in [0.2, 0.25) is 11.8 Å². The summed E-state index contributed by atoms with van der Waals surface area (Å²) in [5, 5.41) is 3.39. The lowest BCUT2D eigenvalue weighted by molar-refractivity contribution is -0.143. The lowest BCUT2D eigenvalue weighted by atomic mass is 10.00. The molecule has 2 aliphatic rings. The molecule has 1 aromatic carbocycles. The van der Waals surface area contributed by atoms with Gasteiger partial charge in [0, 0.05) is 24.5 Å². The highest BCUT2D eigenvalue weighted by molar-refractivity contribution is 6.30. The average Bonchev–Trinajstić information content (AvgIpc) is 3.34. The van der Waals surface area contributed by atoms with Gasteiger partial charge in [-0.3, -0.25) is 9.59 Å². The van der Waals surface area contributed by atoms with Crippen molar-refractivity contribution in [3.63, 3.8) is 0 Å². The summed E-state index contributed by atoms with van der Waals surface area (Å²) in [5.41, 5.74) is 1.16. The maximum absolute atomic E-state index is 12.8. The molecule has 1 aliphatic carbocycles. The van der Waals surface area contributed by atoms with E-state index >= 15 is 0 Å². The number of nitrogens with one attached hydrogen (secondary N) is 1. The summed E-state index contributed by atoms with van der Waals surface area (Å²) in [6, 6.07) is 7.42. The largest absolute Gasteiger partial charge is 0.357 e. The average molecular weight is 321 g/mol. The number of benzene rings is 1. The Labute approximate surface area is 135 Å². The minimum absolute atomic E-state index is 0.0198. The molecular weight excluding hydrogens is 300 g/mol. The van der Waals surface area contributed by atoms with Crippen molar-refractivity contribution in [3.05, 3.63) is 34.9 Å². The third kappa shape index (κ3) is 2.98. The highest BCUT2D eigenvalue weighted by Crippen LogP contribution is 2.49. The second-order valence-corrected chi connectivity index (χ2v) is 6.59. The lowest BCUT2D eigenvalue weighted by Gasteiger charge is -2.34. The van der Waals surface area contributed by atoms with E-state index < -0.39 is 0 Å². The SMILES string of the molecule is CNC(=O)[C@H]1CCCCN1C(=O)[C@H]1C[C@@H]1c1ccc(Cl)cc1. The molecular formula is C17H21ClN2O2. The van der Waals surface area contributed by atoms with Crippen LogP contribution in [0.25, 0.3) is 0 Å². The van der Waals surface area contributed by atoms with Crippen LogP contribution in [-0.4, -0.2) is 36.3 Å². The van der Waals surface area contributed by atoms with Crippen LogP contribution >= 0.6 is 11.6 Å². The van der Waals surface area contributed by atoms with Crippen molar-refractivity contribution in [2.75, 3.05) is 13.6 Å². The summed E-state index contributed by atoms with van der Waals surface area (Å²) in [6.45, 7) is 0.695. The van der Waals surface area contributed by atoms with Crippen LogP contribution in [0.2, 0.25) is 5.02 Å². The summed E-state index contributed by atoms with van der Waals surface area (Å²) in [6.07, 6.45) is 3.63. The van der Waals surface area contributed by atoms with Crippen LogP contribution in [0.3, 0.4) is 0 Å². The Morgan fingerprint density at radius 2 is 1.95 bits per heavy atom. The van der Waals surface area contributed by atoms with Gasteiger partial charge in [-0.15, -0.1) is 0 Å². The zero-order valence-corrected chi connectivity index (χ0v) is 13.5. The summed E-state index contributed by atoms with van der Waals surface area (Å²) in [7, 11) is 1.63. The fourth-order valence-corrected chi connectivity index (χ4v) is 3.52. The van der Waals surface area contributed by atoms with Gasteiger partial charge >= 0.3 is 0 Å². The standard InChI is InChI=1S/C17H21ClN2O2/c1-19-16(21)15-4-2-3-9-20(15)17(22)14-10-13(14)11-5-7-12(18)8-6-11/h5-8,13-15H,2-4,9-10H2,1H3,(H,19,21)/t13-,14+,15-/m1/s1. The second-order valence-electron chi connectivity index (χ2n) is 6.16. The number of piperidine rings is 1. The summed E-state index contributed by atoms with van der Waals surface area (Å²) < 4.78 is 0. The zero-order chi connectivity index (χ0) is 15.7. The fraction of sp³-hybridized carbons (Fsp3) is 0.529. The molecule has 2 amide bonds. The van der Waals surface area contributed by atoms with Crippen LogP contribution in [0.5, 0.6) is 0 Å². The Morgan fingerprint density at radius 3 is 2.64 bits per heavy atom. The van der Waals surface area contributed by atoms with Gasteiger partial charge in [-0.1, -0.05) is 23.7 Å². The molecule has 3 rings (SSSR count). The Morgan fingerprint density at radius 1 is 1.23 bits per heavy atom. The van der Waals surface area contributed by atoms with Crippen LogP contribution in [0.4, 0.5) is 0 Å². The number of carbonyl (C=O) groups excluding carboxylic acids is 2. The van der Waals surface area contributed by atoms with Crippen molar-refractivity contribution >= 4 is 23.4 Å². The molecule has 1 heterocycles. The maximum atomic E-state index is 12.8. The lowest BCUT2D eigenvalue weighted by Crippen LogP contribution is -2.51. The molecule has 0 unspecified atom stereocenters. The third-order valence-electron chi connectivity index (χ3n) is 4.74. The van der Waals surface area contributed by atoms with E-state index in [9.17, 15) is 9.59 Å². The molecule has 0 radical (unpaired) electrons. The first-order valence-electron chi connectivity index (χ1n) is 7.89. The highest BCUT2D eigenvalue weighted by atomic mass is 35.5. The molecule has 118 valence electrons. The van der Waals surface area contributed by atoms with E-state index in [0.29, 0.717) is 11.6 Å². The first-order chi connectivity index (χ1) is 10.6. The van der Waals surface area contributed by atoms with E-state index in [1.165, 1.54) is 0 Å². The number of carbonyl (C=O) groups is 2. The van der Waals surface area contributed by atoms with Crippen molar-refractivity contribution in [3.8, 4) is 0 Å². The smallest absolute Gasteiger partial charge is 0.242 e. The fourth-order valence-electron chi connectivity index (χ4n) is 3.39. The number of likely N-dealkylation sites (tertiary alicyclic amines) is 1. The van der Waals surface area contributed by atoms with Gasteiger partial charge in [-0.05, 0) is 49.3 Å². The van der Waals surface area contributed by atoms with E-state index in [4.69, 9.17) is 11.6 Å². The Hall–Kier alpha value is -1.55. The topological polar surface area (TPSA) is 49.4 Å². The van der Waals surface area contributed by atoms with Gasteiger partial charge in [-0.2, -0.15) is 0 Å². The van der Waals surface area contributed by atoms with Crippen molar-refractivity contribution in [2.45, 2.75) is 37.6 Å². The van der Waals surface area contributed by atoms with Crippen LogP contribution < -0.4 is 5.32 Å². The molecule has 0 bridgehead atoms. The summed E-state index contributed by atoms with van der Waals surface area (Å²) >= 11 is 5.91. The molecule has 0 aromatic heterocycles. The van der Waals surface area contributed by atoms with Gasteiger partial charge in [-0.25, -0.2) is 0 Å². The van der Waals surface area contributed by atoms with Crippen LogP contribution in [0.15, 0.2) is 24.3 Å². The number of hydrogen-bond donors (Lipinski definition) is 1. The zero-order valence-electron chi connectivity index (χ0n) is 12.7. The number of nitrogens with zero attached hydrogens (tertiary/aromatic N) is 1. The van der Waals surface area contributed by atoms with Crippen molar-refractivity contribution in [1.29, 1.82) is 0 Å². The second kappa shape index (κ2) is 6.29. The van der Waals surface area contributed by atoms with Gasteiger partial charge < -0.3 is 10.2 Å². The Bertz CT molecular complexity index is 573. The predicted octanol–water partition coefficient (Wildman–Crippen LogP) is 2.57. The van der Waals surface area contributed by atoms with E-state index in [1.54, 1.807) is 11.9 Å². The van der Waals surface area contributed by atoms with Crippen LogP contribution in [0.1, 0.15) is 37.2 Å². The minimum Gasteiger partial charge on any atom is -0.357 e. The monoisotopic (exact) mass is 320 g/mol. The van der Waals surface area contributed by atoms with Crippen molar-refractivity contribution in [1.82, 2.24) is 10.2 Å². The molecule has 2 fully saturated rings.